The van der Waals surface area contributed by atoms with Gasteiger partial charge in [0.2, 0.25) is 0 Å². The van der Waals surface area contributed by atoms with Crippen LogP contribution in [0.2, 0.25) is 0 Å². The van der Waals surface area contributed by atoms with Gasteiger partial charge in [-0.1, -0.05) is 12.8 Å². The second-order valence-corrected chi connectivity index (χ2v) is 4.47. The largest absolute Gasteiger partial charge is 0.302 e. The summed E-state index contributed by atoms with van der Waals surface area (Å²) in [5.41, 5.74) is 0. The van der Waals surface area contributed by atoms with Gasteiger partial charge in [0, 0.05) is 25.9 Å². The quantitative estimate of drug-likeness (QED) is 0.659. The highest BCUT2D eigenvalue weighted by atomic mass is 16.1. The molecule has 0 atom stereocenters. The van der Waals surface area contributed by atoms with E-state index in [4.69, 9.17) is 0 Å². The first-order valence-corrected chi connectivity index (χ1v) is 5.58. The lowest BCUT2D eigenvalue weighted by atomic mass is 10.1. The molecular formula is C11H19NO. The maximum Gasteiger partial charge on any atom is 0.135 e. The second-order valence-electron chi connectivity index (χ2n) is 4.47. The molecule has 13 heavy (non-hydrogen) atoms. The summed E-state index contributed by atoms with van der Waals surface area (Å²) in [6.45, 7) is 3.26. The minimum atomic E-state index is 0.457. The summed E-state index contributed by atoms with van der Waals surface area (Å²) in [6.07, 6.45) is 7.30. The van der Waals surface area contributed by atoms with Crippen molar-refractivity contribution in [2.75, 3.05) is 19.6 Å². The summed E-state index contributed by atoms with van der Waals surface area (Å²) >= 11 is 0. The van der Waals surface area contributed by atoms with Crippen LogP contribution < -0.4 is 0 Å². The van der Waals surface area contributed by atoms with Gasteiger partial charge in [0.1, 0.15) is 5.78 Å². The summed E-state index contributed by atoms with van der Waals surface area (Å²) in [4.78, 5) is 13.4. The van der Waals surface area contributed by atoms with Gasteiger partial charge in [-0.3, -0.25) is 4.79 Å². The van der Waals surface area contributed by atoms with E-state index in [9.17, 15) is 4.79 Å². The summed E-state index contributed by atoms with van der Waals surface area (Å²) in [5.74, 6) is 1.52. The third kappa shape index (κ3) is 3.11. The average molecular weight is 181 g/mol. The number of likely N-dealkylation sites (tertiary alicyclic amines) is 1. The minimum absolute atomic E-state index is 0.457. The topological polar surface area (TPSA) is 20.3 Å². The van der Waals surface area contributed by atoms with Crippen LogP contribution in [0.15, 0.2) is 0 Å². The Labute approximate surface area is 80.3 Å². The number of hydrogen-bond donors (Lipinski definition) is 0. The van der Waals surface area contributed by atoms with Crippen molar-refractivity contribution in [1.29, 1.82) is 0 Å². The Morgan fingerprint density at radius 1 is 1.23 bits per heavy atom. The third-order valence-corrected chi connectivity index (χ3v) is 3.20. The molecule has 0 N–H and O–H groups in total. The Morgan fingerprint density at radius 3 is 2.54 bits per heavy atom. The predicted octanol–water partition coefficient (Wildman–Crippen LogP) is 1.84. The molecule has 0 bridgehead atoms. The molecule has 0 aromatic carbocycles. The van der Waals surface area contributed by atoms with Crippen molar-refractivity contribution >= 4 is 5.78 Å². The van der Waals surface area contributed by atoms with E-state index in [-0.39, 0.29) is 0 Å². The molecular weight excluding hydrogens is 162 g/mol. The lowest BCUT2D eigenvalue weighted by Crippen LogP contribution is -2.34. The van der Waals surface area contributed by atoms with Crippen LogP contribution in [0, 0.1) is 5.92 Å². The van der Waals surface area contributed by atoms with Crippen molar-refractivity contribution in [1.82, 2.24) is 4.90 Å². The molecule has 0 aromatic rings. The summed E-state index contributed by atoms with van der Waals surface area (Å²) in [7, 11) is 0. The van der Waals surface area contributed by atoms with Crippen LogP contribution >= 0.6 is 0 Å². The molecule has 74 valence electrons. The van der Waals surface area contributed by atoms with Crippen molar-refractivity contribution in [2.24, 2.45) is 5.92 Å². The second kappa shape index (κ2) is 4.23. The molecule has 0 amide bonds. The molecule has 0 radical (unpaired) electrons. The molecule has 1 saturated heterocycles. The zero-order chi connectivity index (χ0) is 9.10. The summed E-state index contributed by atoms with van der Waals surface area (Å²) < 4.78 is 0. The highest BCUT2D eigenvalue weighted by molar-refractivity contribution is 5.79. The van der Waals surface area contributed by atoms with Crippen molar-refractivity contribution < 1.29 is 4.79 Å². The van der Waals surface area contributed by atoms with E-state index in [1.165, 1.54) is 32.2 Å². The minimum Gasteiger partial charge on any atom is -0.302 e. The zero-order valence-corrected chi connectivity index (χ0v) is 8.30. The van der Waals surface area contributed by atoms with E-state index in [1.54, 1.807) is 0 Å². The van der Waals surface area contributed by atoms with Gasteiger partial charge in [-0.15, -0.1) is 0 Å². The first-order valence-electron chi connectivity index (χ1n) is 5.58. The van der Waals surface area contributed by atoms with Gasteiger partial charge in [-0.25, -0.2) is 0 Å². The van der Waals surface area contributed by atoms with Gasteiger partial charge in [0.25, 0.3) is 0 Å². The van der Waals surface area contributed by atoms with Gasteiger partial charge in [-0.05, 0) is 25.3 Å². The molecule has 2 fully saturated rings. The van der Waals surface area contributed by atoms with Crippen LogP contribution in [0.3, 0.4) is 0 Å². The van der Waals surface area contributed by atoms with E-state index in [0.717, 1.165) is 31.8 Å². The van der Waals surface area contributed by atoms with E-state index < -0.39 is 0 Å². The first-order chi connectivity index (χ1) is 6.34. The molecule has 1 heterocycles. The molecule has 0 spiro atoms. The Kier molecular flexibility index (Phi) is 2.99. The van der Waals surface area contributed by atoms with Crippen LogP contribution in [0.4, 0.5) is 0 Å². The fraction of sp³-hybridized carbons (Fsp3) is 0.909. The van der Waals surface area contributed by atoms with Crippen LogP contribution in [0.25, 0.3) is 0 Å². The van der Waals surface area contributed by atoms with Gasteiger partial charge < -0.3 is 4.90 Å². The molecule has 2 nitrogen and oxygen atoms in total. The van der Waals surface area contributed by atoms with E-state index in [2.05, 4.69) is 4.90 Å². The fourth-order valence-electron chi connectivity index (χ4n) is 2.04. The van der Waals surface area contributed by atoms with E-state index >= 15 is 0 Å². The standard InChI is InChI=1S/C11H19NO/c13-11-5-8-12(9-6-11)7-1-2-10-3-4-10/h10H,1-9H2. The molecule has 1 aliphatic carbocycles. The Bertz CT molecular complexity index is 177. The normalized spacial score (nSPS) is 25.1. The lowest BCUT2D eigenvalue weighted by molar-refractivity contribution is -0.121. The van der Waals surface area contributed by atoms with E-state index in [1.807, 2.05) is 0 Å². The van der Waals surface area contributed by atoms with Crippen LogP contribution in [0.5, 0.6) is 0 Å². The maximum atomic E-state index is 11.0. The van der Waals surface area contributed by atoms with Crippen molar-refractivity contribution in [2.45, 2.75) is 38.5 Å². The maximum absolute atomic E-state index is 11.0. The smallest absolute Gasteiger partial charge is 0.135 e. The number of ketones is 1. The van der Waals surface area contributed by atoms with Crippen LogP contribution in [-0.4, -0.2) is 30.3 Å². The fourth-order valence-corrected chi connectivity index (χ4v) is 2.04. The first kappa shape index (κ1) is 9.20. The molecule has 0 unspecified atom stereocenters. The van der Waals surface area contributed by atoms with Gasteiger partial charge in [-0.2, -0.15) is 0 Å². The van der Waals surface area contributed by atoms with Crippen molar-refractivity contribution in [3.63, 3.8) is 0 Å². The number of carbonyl (C=O) groups excluding carboxylic acids is 1. The number of carbonyl (C=O) groups is 1. The monoisotopic (exact) mass is 181 g/mol. The van der Waals surface area contributed by atoms with Gasteiger partial charge >= 0.3 is 0 Å². The zero-order valence-electron chi connectivity index (χ0n) is 8.30. The average Bonchev–Trinajstić information content (AvgIpc) is 2.92. The molecule has 1 saturated carbocycles. The molecule has 2 heteroatoms. The Balaban J connectivity index is 1.56. The molecule has 0 aromatic heterocycles. The number of rotatable bonds is 4. The number of nitrogens with zero attached hydrogens (tertiary/aromatic N) is 1. The van der Waals surface area contributed by atoms with Gasteiger partial charge in [0.15, 0.2) is 0 Å². The predicted molar refractivity (Wildman–Crippen MR) is 52.6 cm³/mol. The van der Waals surface area contributed by atoms with E-state index in [0.29, 0.717) is 5.78 Å². The SMILES string of the molecule is O=C1CCN(CCCC2CC2)CC1. The number of hydrogen-bond acceptors (Lipinski definition) is 2. The Hall–Kier alpha value is -0.370. The third-order valence-electron chi connectivity index (χ3n) is 3.20. The summed E-state index contributed by atoms with van der Waals surface area (Å²) in [5, 5.41) is 0. The number of piperidine rings is 1. The molecule has 2 aliphatic rings. The van der Waals surface area contributed by atoms with Crippen molar-refractivity contribution in [3.05, 3.63) is 0 Å². The lowest BCUT2D eigenvalue weighted by Gasteiger charge is -2.25. The van der Waals surface area contributed by atoms with Crippen LogP contribution in [-0.2, 0) is 4.79 Å². The number of Topliss-reactive ketones (excluding diaryl/α,β-unsaturated/α-hetero) is 1. The van der Waals surface area contributed by atoms with Crippen LogP contribution in [0.1, 0.15) is 38.5 Å². The van der Waals surface area contributed by atoms with Crippen molar-refractivity contribution in [3.8, 4) is 0 Å². The molecule has 2 rings (SSSR count). The highest BCUT2D eigenvalue weighted by Gasteiger charge is 2.21. The Morgan fingerprint density at radius 2 is 1.92 bits per heavy atom. The van der Waals surface area contributed by atoms with Gasteiger partial charge in [0.05, 0.1) is 0 Å². The highest BCUT2D eigenvalue weighted by Crippen LogP contribution is 2.33. The summed E-state index contributed by atoms with van der Waals surface area (Å²) in [6, 6.07) is 0. The molecule has 1 aliphatic heterocycles.